The van der Waals surface area contributed by atoms with Crippen molar-refractivity contribution in [2.75, 3.05) is 32.0 Å². The summed E-state index contributed by atoms with van der Waals surface area (Å²) in [5.41, 5.74) is 3.58. The maximum atomic E-state index is 13.0. The molecule has 4 unspecified atom stereocenters. The first-order chi connectivity index (χ1) is 24.4. The number of aliphatic hydroxyl groups excluding tert-OH is 1. The third-order valence-electron chi connectivity index (χ3n) is 10.8. The molecule has 50 heavy (non-hydrogen) atoms. The molecule has 266 valence electrons. The molecule has 4 aromatic rings. The highest BCUT2D eigenvalue weighted by Crippen LogP contribution is 2.48. The van der Waals surface area contributed by atoms with Gasteiger partial charge in [0.2, 0.25) is 5.56 Å². The number of carbonyl (C=O) groups excluding carboxylic acids is 1. The van der Waals surface area contributed by atoms with Crippen molar-refractivity contribution in [3.8, 4) is 16.9 Å². The van der Waals surface area contributed by atoms with Crippen molar-refractivity contribution in [1.29, 1.82) is 0 Å². The van der Waals surface area contributed by atoms with Crippen molar-refractivity contribution in [2.45, 2.75) is 82.5 Å². The largest absolute Gasteiger partial charge is 0.506 e. The lowest BCUT2D eigenvalue weighted by Crippen LogP contribution is -2.38. The summed E-state index contributed by atoms with van der Waals surface area (Å²) < 4.78 is 6.07. The van der Waals surface area contributed by atoms with Gasteiger partial charge in [0.25, 0.3) is 0 Å². The van der Waals surface area contributed by atoms with Gasteiger partial charge in [-0.2, -0.15) is 0 Å². The monoisotopic (exact) mass is 680 g/mol. The standard InChI is InChI=1S/C41H52N4O5/c1-45(25-13-6-4-2-3-5-12-24-42-27-36(47)31-20-22-35(46)39-32(31)21-23-38(48)44-39)40-29-18-19-33(40)37(26-29)50-41(49)43-34-17-11-10-16-30(34)28-14-8-7-9-15-28/h7-11,14-17,20-23,29,33,36-37,40,42,46-47H,2-6,12-13,18-19,24-27H2,1H3,(H,43,49)(H,44,48)/t29?,33?,36-,37?,40?/m0/s1. The Kier molecular flexibility index (Phi) is 12.2. The number of phenols is 1. The molecule has 0 aliphatic heterocycles. The number of H-pyrrole nitrogens is 1. The van der Waals surface area contributed by atoms with Gasteiger partial charge in [0.15, 0.2) is 0 Å². The van der Waals surface area contributed by atoms with Gasteiger partial charge in [-0.05, 0) is 87.5 Å². The number of carbonyl (C=O) groups is 1. The molecule has 2 aliphatic rings. The van der Waals surface area contributed by atoms with Crippen LogP contribution in [-0.2, 0) is 4.74 Å². The zero-order chi connectivity index (χ0) is 34.9. The van der Waals surface area contributed by atoms with Gasteiger partial charge in [-0.25, -0.2) is 4.79 Å². The molecule has 6 rings (SSSR count). The van der Waals surface area contributed by atoms with E-state index in [2.05, 4.69) is 27.6 Å². The number of benzene rings is 3. The lowest BCUT2D eigenvalue weighted by Gasteiger charge is -2.29. The molecule has 1 amide bonds. The summed E-state index contributed by atoms with van der Waals surface area (Å²) in [6, 6.07) is 24.7. The van der Waals surface area contributed by atoms with Crippen LogP contribution < -0.4 is 16.2 Å². The number of aromatic nitrogens is 1. The highest BCUT2D eigenvalue weighted by molar-refractivity contribution is 5.91. The van der Waals surface area contributed by atoms with Gasteiger partial charge in [0.1, 0.15) is 11.9 Å². The van der Waals surface area contributed by atoms with Crippen molar-refractivity contribution in [2.24, 2.45) is 11.8 Å². The molecule has 5 atom stereocenters. The number of nitrogens with zero attached hydrogens (tertiary/aromatic N) is 1. The van der Waals surface area contributed by atoms with Crippen LogP contribution in [-0.4, -0.2) is 65.0 Å². The Balaban J connectivity index is 0.833. The molecule has 0 radical (unpaired) electrons. The number of aromatic amines is 1. The first kappa shape index (κ1) is 35.6. The third-order valence-corrected chi connectivity index (χ3v) is 10.8. The van der Waals surface area contributed by atoms with Gasteiger partial charge < -0.3 is 30.2 Å². The van der Waals surface area contributed by atoms with Crippen LogP contribution >= 0.6 is 0 Å². The van der Waals surface area contributed by atoms with Gasteiger partial charge in [-0.1, -0.05) is 86.7 Å². The van der Waals surface area contributed by atoms with Gasteiger partial charge in [0, 0.05) is 35.5 Å². The van der Waals surface area contributed by atoms with E-state index in [1.54, 1.807) is 12.1 Å². The first-order valence-electron chi connectivity index (χ1n) is 18.4. The normalized spacial score (nSPS) is 20.4. The molecule has 2 aliphatic carbocycles. The molecule has 0 saturated heterocycles. The van der Waals surface area contributed by atoms with E-state index in [0.29, 0.717) is 40.9 Å². The maximum absolute atomic E-state index is 13.0. The maximum Gasteiger partial charge on any atom is 0.411 e. The number of aromatic hydroxyl groups is 1. The van der Waals surface area contributed by atoms with Crippen molar-refractivity contribution >= 4 is 22.7 Å². The molecule has 2 fully saturated rings. The molecule has 1 heterocycles. The summed E-state index contributed by atoms with van der Waals surface area (Å²) in [5, 5.41) is 27.8. The number of ether oxygens (including phenoxy) is 1. The van der Waals surface area contributed by atoms with Crippen LogP contribution in [0.15, 0.2) is 83.7 Å². The number of fused-ring (bicyclic) bond motifs is 3. The Morgan fingerprint density at radius 1 is 0.920 bits per heavy atom. The molecule has 0 spiro atoms. The highest BCUT2D eigenvalue weighted by Gasteiger charge is 2.51. The number of hydrogen-bond donors (Lipinski definition) is 5. The van der Waals surface area contributed by atoms with Gasteiger partial charge in [-0.3, -0.25) is 10.1 Å². The summed E-state index contributed by atoms with van der Waals surface area (Å²) >= 11 is 0. The quantitative estimate of drug-likeness (QED) is 0.0727. The summed E-state index contributed by atoms with van der Waals surface area (Å²) in [6.07, 6.45) is 10.5. The van der Waals surface area contributed by atoms with E-state index in [1.165, 1.54) is 50.7 Å². The number of para-hydroxylation sites is 1. The molecular formula is C41H52N4O5. The van der Waals surface area contributed by atoms with E-state index in [9.17, 15) is 19.8 Å². The topological polar surface area (TPSA) is 127 Å². The van der Waals surface area contributed by atoms with E-state index in [1.807, 2.05) is 54.6 Å². The van der Waals surface area contributed by atoms with Crippen LogP contribution in [0.1, 0.15) is 75.9 Å². The van der Waals surface area contributed by atoms with Crippen LogP contribution in [0.4, 0.5) is 10.5 Å². The van der Waals surface area contributed by atoms with Crippen molar-refractivity contribution in [3.05, 3.63) is 94.8 Å². The average Bonchev–Trinajstić information content (AvgIpc) is 3.69. The van der Waals surface area contributed by atoms with E-state index in [-0.39, 0.29) is 23.5 Å². The predicted molar refractivity (Wildman–Crippen MR) is 199 cm³/mol. The number of phenolic OH excluding ortho intramolecular Hbond substituents is 1. The van der Waals surface area contributed by atoms with E-state index in [4.69, 9.17) is 4.74 Å². The SMILES string of the molecule is CN(CCCCCCCCCNC[C@H](O)c1ccc(O)c2[nH]c(=O)ccc12)C1C2CCC1C(OC(=O)Nc1ccccc1-c1ccccc1)C2. The van der Waals surface area contributed by atoms with Crippen LogP contribution in [0.2, 0.25) is 0 Å². The number of aliphatic hydroxyl groups is 1. The minimum atomic E-state index is -0.729. The number of hydrogen-bond acceptors (Lipinski definition) is 7. The van der Waals surface area contributed by atoms with Crippen LogP contribution in [0.25, 0.3) is 22.0 Å². The zero-order valence-corrected chi connectivity index (χ0v) is 29.2. The highest BCUT2D eigenvalue weighted by atomic mass is 16.6. The molecule has 2 saturated carbocycles. The van der Waals surface area contributed by atoms with E-state index in [0.717, 1.165) is 55.6 Å². The minimum absolute atomic E-state index is 0.00163. The fourth-order valence-corrected chi connectivity index (χ4v) is 8.34. The van der Waals surface area contributed by atoms with Crippen molar-refractivity contribution in [3.63, 3.8) is 0 Å². The van der Waals surface area contributed by atoms with E-state index < -0.39 is 6.10 Å². The van der Waals surface area contributed by atoms with Crippen LogP contribution in [0.5, 0.6) is 5.75 Å². The molecule has 3 aromatic carbocycles. The fraction of sp³-hybridized carbons (Fsp3) is 0.463. The van der Waals surface area contributed by atoms with Crippen LogP contribution in [0.3, 0.4) is 0 Å². The third kappa shape index (κ3) is 8.75. The molecule has 9 nitrogen and oxygen atoms in total. The lowest BCUT2D eigenvalue weighted by atomic mass is 9.98. The Morgan fingerprint density at radius 3 is 2.48 bits per heavy atom. The Labute approximate surface area is 295 Å². The minimum Gasteiger partial charge on any atom is -0.506 e. The summed E-state index contributed by atoms with van der Waals surface area (Å²) in [4.78, 5) is 29.9. The number of amides is 1. The Bertz CT molecular complexity index is 1760. The smallest absolute Gasteiger partial charge is 0.411 e. The van der Waals surface area contributed by atoms with Crippen molar-refractivity contribution < 1.29 is 19.7 Å². The Morgan fingerprint density at radius 2 is 1.66 bits per heavy atom. The van der Waals surface area contributed by atoms with Crippen LogP contribution in [0, 0.1) is 11.8 Å². The van der Waals surface area contributed by atoms with Crippen molar-refractivity contribution in [1.82, 2.24) is 15.2 Å². The predicted octanol–water partition coefficient (Wildman–Crippen LogP) is 7.60. The molecule has 1 aromatic heterocycles. The fourth-order valence-electron chi connectivity index (χ4n) is 8.34. The van der Waals surface area contributed by atoms with Gasteiger partial charge in [-0.15, -0.1) is 0 Å². The number of unbranched alkanes of at least 4 members (excludes halogenated alkanes) is 6. The summed E-state index contributed by atoms with van der Waals surface area (Å²) in [7, 11) is 2.25. The number of nitrogens with one attached hydrogen (secondary N) is 3. The number of anilines is 1. The van der Waals surface area contributed by atoms with E-state index >= 15 is 0 Å². The second kappa shape index (κ2) is 17.2. The van der Waals surface area contributed by atoms with Gasteiger partial charge >= 0.3 is 6.09 Å². The number of rotatable bonds is 17. The first-order valence-corrected chi connectivity index (χ1v) is 18.4. The Hall–Kier alpha value is -4.18. The molecule has 5 N–H and O–H groups in total. The average molecular weight is 681 g/mol. The number of pyridine rings is 1. The lowest BCUT2D eigenvalue weighted by molar-refractivity contribution is 0.0659. The second-order valence-electron chi connectivity index (χ2n) is 14.2. The summed E-state index contributed by atoms with van der Waals surface area (Å²) in [6.45, 7) is 2.34. The zero-order valence-electron chi connectivity index (χ0n) is 29.2. The summed E-state index contributed by atoms with van der Waals surface area (Å²) in [5.74, 6) is 0.999. The molecule has 9 heteroatoms. The van der Waals surface area contributed by atoms with Gasteiger partial charge in [0.05, 0.1) is 17.3 Å². The second-order valence-corrected chi connectivity index (χ2v) is 14.2. The molecule has 2 bridgehead atoms. The molecular weight excluding hydrogens is 628 g/mol.